The van der Waals surface area contributed by atoms with Crippen molar-refractivity contribution in [3.05, 3.63) is 41.5 Å². The summed E-state index contributed by atoms with van der Waals surface area (Å²) in [5, 5.41) is 9.56. The second-order valence-electron chi connectivity index (χ2n) is 6.38. The lowest BCUT2D eigenvalue weighted by Crippen LogP contribution is -3.12. The van der Waals surface area contributed by atoms with Gasteiger partial charge in [-0.15, -0.1) is 0 Å². The highest BCUT2D eigenvalue weighted by molar-refractivity contribution is 5.85. The van der Waals surface area contributed by atoms with Crippen LogP contribution in [-0.2, 0) is 0 Å². The minimum atomic E-state index is 0.671. The first-order valence-electron chi connectivity index (χ1n) is 8.06. The van der Waals surface area contributed by atoms with E-state index in [1.807, 2.05) is 25.1 Å². The van der Waals surface area contributed by atoms with Crippen LogP contribution in [0, 0.1) is 18.3 Å². The molecule has 4 rings (SSSR count). The smallest absolute Gasteiger partial charge is 0.157 e. The Morgan fingerprint density at radius 2 is 1.96 bits per heavy atom. The molecule has 1 saturated heterocycles. The van der Waals surface area contributed by atoms with Crippen LogP contribution in [-0.4, -0.2) is 42.6 Å². The molecule has 1 N–H and O–H groups in total. The van der Waals surface area contributed by atoms with Gasteiger partial charge in [-0.25, -0.2) is 4.98 Å². The number of fused-ring (bicyclic) bond motifs is 3. The van der Waals surface area contributed by atoms with E-state index < -0.39 is 0 Å². The first-order chi connectivity index (χ1) is 11.2. The van der Waals surface area contributed by atoms with Gasteiger partial charge >= 0.3 is 0 Å². The van der Waals surface area contributed by atoms with Gasteiger partial charge in [0.2, 0.25) is 0 Å². The molecule has 0 bridgehead atoms. The van der Waals surface area contributed by atoms with Gasteiger partial charge in [0.25, 0.3) is 0 Å². The van der Waals surface area contributed by atoms with Gasteiger partial charge in [-0.05, 0) is 30.7 Å². The molecule has 2 aromatic heterocycles. The highest BCUT2D eigenvalue weighted by Gasteiger charge is 2.22. The predicted octanol–water partition coefficient (Wildman–Crippen LogP) is 1.00. The molecule has 5 nitrogen and oxygen atoms in total. The van der Waals surface area contributed by atoms with Crippen molar-refractivity contribution in [2.45, 2.75) is 6.92 Å². The highest BCUT2D eigenvalue weighted by atomic mass is 15.3. The maximum Gasteiger partial charge on any atom is 0.157 e. The lowest BCUT2D eigenvalue weighted by atomic mass is 10.1. The zero-order valence-electron chi connectivity index (χ0n) is 13.5. The fourth-order valence-corrected chi connectivity index (χ4v) is 3.42. The SMILES string of the molecule is Cc1cc(N2CC[NH+](C)CC2)n2c(nc3ccccc32)c1C#N. The lowest BCUT2D eigenvalue weighted by molar-refractivity contribution is -0.880. The van der Waals surface area contributed by atoms with Gasteiger partial charge in [-0.3, -0.25) is 4.40 Å². The molecule has 1 aromatic carbocycles. The van der Waals surface area contributed by atoms with Gasteiger partial charge < -0.3 is 9.80 Å². The number of piperazine rings is 1. The Hall–Kier alpha value is -2.58. The molecule has 3 aromatic rings. The number of rotatable bonds is 1. The number of aryl methyl sites for hydroxylation is 1. The average Bonchev–Trinajstić information content (AvgIpc) is 2.94. The van der Waals surface area contributed by atoms with Crippen molar-refractivity contribution in [2.75, 3.05) is 38.1 Å². The minimum Gasteiger partial charge on any atom is -0.346 e. The average molecular weight is 306 g/mol. The number of aromatic nitrogens is 2. The standard InChI is InChI=1S/C18H19N5/c1-13-11-17(22-9-7-21(2)8-10-22)23-16-6-4-3-5-15(16)20-18(23)14(13)12-19/h3-6,11H,7-10H2,1-2H3/p+1. The number of benzene rings is 1. The number of quaternary nitrogens is 1. The number of likely N-dealkylation sites (N-methyl/N-ethyl adjacent to an activating group) is 1. The van der Waals surface area contributed by atoms with Crippen LogP contribution in [0.1, 0.15) is 11.1 Å². The fourth-order valence-electron chi connectivity index (χ4n) is 3.42. The third kappa shape index (κ3) is 2.14. The number of anilines is 1. The number of nitrogens with one attached hydrogen (secondary N) is 1. The van der Waals surface area contributed by atoms with Crippen LogP contribution in [0.25, 0.3) is 16.7 Å². The molecular formula is C18H20N5+. The van der Waals surface area contributed by atoms with Crippen molar-refractivity contribution in [3.63, 3.8) is 0 Å². The summed E-state index contributed by atoms with van der Waals surface area (Å²) in [6, 6.07) is 12.6. The zero-order chi connectivity index (χ0) is 16.0. The van der Waals surface area contributed by atoms with Crippen LogP contribution < -0.4 is 9.80 Å². The molecule has 3 heterocycles. The van der Waals surface area contributed by atoms with E-state index in [0.29, 0.717) is 5.56 Å². The molecule has 0 aliphatic carbocycles. The van der Waals surface area contributed by atoms with Crippen LogP contribution in [0.2, 0.25) is 0 Å². The normalized spacial score (nSPS) is 16.1. The summed E-state index contributed by atoms with van der Waals surface area (Å²) in [6.45, 7) is 6.32. The number of para-hydroxylation sites is 2. The molecular weight excluding hydrogens is 286 g/mol. The Bertz CT molecular complexity index is 926. The van der Waals surface area contributed by atoms with Gasteiger partial charge in [0.05, 0.1) is 49.8 Å². The van der Waals surface area contributed by atoms with Gasteiger partial charge in [0, 0.05) is 0 Å². The van der Waals surface area contributed by atoms with Crippen LogP contribution >= 0.6 is 0 Å². The molecule has 116 valence electrons. The van der Waals surface area contributed by atoms with Crippen LogP contribution in [0.4, 0.5) is 5.82 Å². The third-order valence-electron chi connectivity index (χ3n) is 4.81. The van der Waals surface area contributed by atoms with Crippen molar-refractivity contribution in [1.29, 1.82) is 5.26 Å². The van der Waals surface area contributed by atoms with E-state index in [4.69, 9.17) is 4.98 Å². The van der Waals surface area contributed by atoms with E-state index in [1.165, 1.54) is 0 Å². The van der Waals surface area contributed by atoms with Gasteiger partial charge in [0.1, 0.15) is 11.9 Å². The van der Waals surface area contributed by atoms with E-state index in [-0.39, 0.29) is 0 Å². The van der Waals surface area contributed by atoms with E-state index in [9.17, 15) is 5.26 Å². The summed E-state index contributed by atoms with van der Waals surface area (Å²) < 4.78 is 2.15. The molecule has 1 aliphatic rings. The number of hydrogen-bond acceptors (Lipinski definition) is 3. The van der Waals surface area contributed by atoms with E-state index in [1.54, 1.807) is 4.90 Å². The van der Waals surface area contributed by atoms with Crippen molar-refractivity contribution < 1.29 is 4.90 Å². The third-order valence-corrected chi connectivity index (χ3v) is 4.81. The largest absolute Gasteiger partial charge is 0.346 e. The van der Waals surface area contributed by atoms with Crippen molar-refractivity contribution in [3.8, 4) is 6.07 Å². The summed E-state index contributed by atoms with van der Waals surface area (Å²) in [6.07, 6.45) is 0. The molecule has 0 saturated carbocycles. The summed E-state index contributed by atoms with van der Waals surface area (Å²) in [5.74, 6) is 1.15. The molecule has 5 heteroatoms. The molecule has 1 fully saturated rings. The molecule has 0 amide bonds. The van der Waals surface area contributed by atoms with Crippen LogP contribution in [0.15, 0.2) is 30.3 Å². The highest BCUT2D eigenvalue weighted by Crippen LogP contribution is 2.28. The topological polar surface area (TPSA) is 48.8 Å². The lowest BCUT2D eigenvalue weighted by Gasteiger charge is -2.32. The number of hydrogen-bond donors (Lipinski definition) is 1. The molecule has 0 atom stereocenters. The van der Waals surface area contributed by atoms with Gasteiger partial charge in [0.15, 0.2) is 5.65 Å². The first-order valence-corrected chi connectivity index (χ1v) is 8.06. The second kappa shape index (κ2) is 5.25. The molecule has 1 aliphatic heterocycles. The van der Waals surface area contributed by atoms with E-state index in [2.05, 4.69) is 34.6 Å². The summed E-state index contributed by atoms with van der Waals surface area (Å²) in [7, 11) is 2.24. The number of imidazole rings is 1. The summed E-state index contributed by atoms with van der Waals surface area (Å²) in [4.78, 5) is 8.71. The quantitative estimate of drug-likeness (QED) is 0.730. The molecule has 0 spiro atoms. The molecule has 23 heavy (non-hydrogen) atoms. The van der Waals surface area contributed by atoms with Gasteiger partial charge in [-0.1, -0.05) is 12.1 Å². The van der Waals surface area contributed by atoms with E-state index >= 15 is 0 Å². The Kier molecular flexibility index (Phi) is 3.21. The summed E-state index contributed by atoms with van der Waals surface area (Å²) >= 11 is 0. The van der Waals surface area contributed by atoms with Crippen molar-refractivity contribution in [1.82, 2.24) is 9.38 Å². The van der Waals surface area contributed by atoms with Crippen LogP contribution in [0.3, 0.4) is 0 Å². The van der Waals surface area contributed by atoms with Crippen molar-refractivity contribution >= 4 is 22.5 Å². The molecule has 0 unspecified atom stereocenters. The van der Waals surface area contributed by atoms with Crippen molar-refractivity contribution in [2.24, 2.45) is 0 Å². The zero-order valence-corrected chi connectivity index (χ0v) is 13.5. The maximum atomic E-state index is 9.56. The second-order valence-corrected chi connectivity index (χ2v) is 6.38. The molecule has 0 radical (unpaired) electrons. The maximum absolute atomic E-state index is 9.56. The predicted molar refractivity (Wildman–Crippen MR) is 91.0 cm³/mol. The Balaban J connectivity index is 2.02. The number of nitrogens with zero attached hydrogens (tertiary/aromatic N) is 4. The fraction of sp³-hybridized carbons (Fsp3) is 0.333. The number of pyridine rings is 1. The van der Waals surface area contributed by atoms with E-state index in [0.717, 1.165) is 54.2 Å². The Morgan fingerprint density at radius 1 is 1.22 bits per heavy atom. The van der Waals surface area contributed by atoms with Gasteiger partial charge in [-0.2, -0.15) is 5.26 Å². The number of nitriles is 1. The Labute approximate surface area is 135 Å². The van der Waals surface area contributed by atoms with Crippen LogP contribution in [0.5, 0.6) is 0 Å². The monoisotopic (exact) mass is 306 g/mol. The summed E-state index contributed by atoms with van der Waals surface area (Å²) in [5.41, 5.74) is 4.45. The Morgan fingerprint density at radius 3 is 2.70 bits per heavy atom. The minimum absolute atomic E-state index is 0.671. The first kappa shape index (κ1) is 14.0.